The van der Waals surface area contributed by atoms with Crippen LogP contribution < -0.4 is 0 Å². The Morgan fingerprint density at radius 2 is 1.42 bits per heavy atom. The molecular formula is C21H20O5. The summed E-state index contributed by atoms with van der Waals surface area (Å²) in [5.41, 5.74) is 3.66. The lowest BCUT2D eigenvalue weighted by molar-refractivity contribution is 0.0318. The average molecular weight is 352 g/mol. The average Bonchev–Trinajstić information content (AvgIpc) is 3.14. The van der Waals surface area contributed by atoms with Crippen molar-refractivity contribution in [1.82, 2.24) is 0 Å². The van der Waals surface area contributed by atoms with E-state index in [4.69, 9.17) is 4.74 Å². The normalized spacial score (nSPS) is 13.6. The van der Waals surface area contributed by atoms with E-state index in [0.717, 1.165) is 19.3 Å². The fourth-order valence-electron chi connectivity index (χ4n) is 3.10. The van der Waals surface area contributed by atoms with Gasteiger partial charge in [0.1, 0.15) is 0 Å². The summed E-state index contributed by atoms with van der Waals surface area (Å²) in [4.78, 5) is 36.2. The molecule has 0 saturated carbocycles. The van der Waals surface area contributed by atoms with Crippen molar-refractivity contribution in [2.75, 3.05) is 7.11 Å². The Labute approximate surface area is 151 Å². The maximum Gasteiger partial charge on any atom is 0.338 e. The monoisotopic (exact) mass is 352 g/mol. The van der Waals surface area contributed by atoms with Crippen LogP contribution in [0, 0.1) is 0 Å². The highest BCUT2D eigenvalue weighted by Crippen LogP contribution is 2.23. The summed E-state index contributed by atoms with van der Waals surface area (Å²) in [6, 6.07) is 11.6. The lowest BCUT2D eigenvalue weighted by Crippen LogP contribution is -2.24. The van der Waals surface area contributed by atoms with Crippen LogP contribution in [0.25, 0.3) is 0 Å². The second-order valence-corrected chi connectivity index (χ2v) is 6.32. The molecule has 0 bridgehead atoms. The lowest BCUT2D eigenvalue weighted by atomic mass is 10.0. The minimum atomic E-state index is -0.887. The van der Waals surface area contributed by atoms with Gasteiger partial charge < -0.3 is 9.47 Å². The summed E-state index contributed by atoms with van der Waals surface area (Å²) in [6.45, 7) is 1.57. The third kappa shape index (κ3) is 3.67. The van der Waals surface area contributed by atoms with Gasteiger partial charge in [0, 0.05) is 5.56 Å². The number of fused-ring (bicyclic) bond motifs is 1. The zero-order valence-corrected chi connectivity index (χ0v) is 14.8. The van der Waals surface area contributed by atoms with Crippen LogP contribution in [-0.2, 0) is 22.3 Å². The predicted molar refractivity (Wildman–Crippen MR) is 95.5 cm³/mol. The number of hydrogen-bond donors (Lipinski definition) is 0. The molecule has 2 aromatic carbocycles. The summed E-state index contributed by atoms with van der Waals surface area (Å²) in [6.07, 6.45) is 2.26. The number of esters is 2. The quantitative estimate of drug-likeness (QED) is 0.609. The summed E-state index contributed by atoms with van der Waals surface area (Å²) in [5.74, 6) is -1.31. The number of methoxy groups -OCH3 is 1. The molecule has 5 nitrogen and oxygen atoms in total. The van der Waals surface area contributed by atoms with Crippen LogP contribution in [0.1, 0.15) is 55.5 Å². The fraction of sp³-hybridized carbons (Fsp3) is 0.286. The van der Waals surface area contributed by atoms with Gasteiger partial charge >= 0.3 is 11.9 Å². The fourth-order valence-corrected chi connectivity index (χ4v) is 3.10. The summed E-state index contributed by atoms with van der Waals surface area (Å²) in [7, 11) is 1.29. The van der Waals surface area contributed by atoms with Crippen molar-refractivity contribution in [3.63, 3.8) is 0 Å². The van der Waals surface area contributed by atoms with Crippen LogP contribution in [-0.4, -0.2) is 30.9 Å². The van der Waals surface area contributed by atoms with Gasteiger partial charge in [-0.1, -0.05) is 12.1 Å². The Kier molecular flexibility index (Phi) is 5.16. The van der Waals surface area contributed by atoms with Gasteiger partial charge in [-0.25, -0.2) is 9.59 Å². The SMILES string of the molecule is COC(=O)c1ccc(C(=O)O[C@@H](C)C(=O)c2ccc3c(c2)CCC3)cc1. The van der Waals surface area contributed by atoms with Gasteiger partial charge in [0.15, 0.2) is 6.10 Å². The molecule has 0 N–H and O–H groups in total. The molecule has 0 spiro atoms. The molecule has 0 saturated heterocycles. The number of hydrogen-bond acceptors (Lipinski definition) is 5. The second kappa shape index (κ2) is 7.52. The van der Waals surface area contributed by atoms with Crippen molar-refractivity contribution >= 4 is 17.7 Å². The maximum absolute atomic E-state index is 12.6. The first-order valence-electron chi connectivity index (χ1n) is 8.55. The third-order valence-electron chi connectivity index (χ3n) is 4.58. The van der Waals surface area contributed by atoms with Crippen molar-refractivity contribution in [3.8, 4) is 0 Å². The first kappa shape index (κ1) is 17.9. The highest BCUT2D eigenvalue weighted by molar-refractivity contribution is 6.01. The highest BCUT2D eigenvalue weighted by atomic mass is 16.5. The van der Waals surface area contributed by atoms with Crippen LogP contribution in [0.3, 0.4) is 0 Å². The van der Waals surface area contributed by atoms with Crippen molar-refractivity contribution in [2.24, 2.45) is 0 Å². The molecule has 0 aliphatic heterocycles. The van der Waals surface area contributed by atoms with Crippen molar-refractivity contribution in [3.05, 3.63) is 70.3 Å². The summed E-state index contributed by atoms with van der Waals surface area (Å²) in [5, 5.41) is 0. The van der Waals surface area contributed by atoms with Gasteiger partial charge in [0.25, 0.3) is 0 Å². The van der Waals surface area contributed by atoms with Crippen LogP contribution >= 0.6 is 0 Å². The summed E-state index contributed by atoms with van der Waals surface area (Å²) < 4.78 is 9.91. The van der Waals surface area contributed by atoms with E-state index in [-0.39, 0.29) is 11.3 Å². The molecule has 0 radical (unpaired) electrons. The Balaban J connectivity index is 1.67. The van der Waals surface area contributed by atoms with Gasteiger partial charge in [-0.15, -0.1) is 0 Å². The van der Waals surface area contributed by atoms with E-state index < -0.39 is 18.0 Å². The molecule has 26 heavy (non-hydrogen) atoms. The first-order chi connectivity index (χ1) is 12.5. The molecule has 5 heteroatoms. The van der Waals surface area contributed by atoms with E-state index in [9.17, 15) is 14.4 Å². The molecule has 1 aliphatic rings. The molecule has 3 rings (SSSR count). The van der Waals surface area contributed by atoms with Crippen LogP contribution in [0.15, 0.2) is 42.5 Å². The number of Topliss-reactive ketones (excluding diaryl/α,β-unsaturated/α-hetero) is 1. The molecule has 0 heterocycles. The highest BCUT2D eigenvalue weighted by Gasteiger charge is 2.22. The Bertz CT molecular complexity index is 851. The standard InChI is InChI=1S/C21H20O5/c1-13(19(22)18-11-6-14-4-3-5-17(14)12-18)26-21(24)16-9-7-15(8-10-16)20(23)25-2/h6-13H,3-5H2,1-2H3/t13-/m0/s1. The molecule has 0 amide bonds. The topological polar surface area (TPSA) is 69.7 Å². The number of carbonyl (C=O) groups excluding carboxylic acids is 3. The van der Waals surface area contributed by atoms with Gasteiger partial charge in [-0.05, 0) is 67.6 Å². The number of aryl methyl sites for hydroxylation is 2. The molecule has 2 aromatic rings. The minimum Gasteiger partial charge on any atom is -0.465 e. The van der Waals surface area contributed by atoms with Gasteiger partial charge in [0.05, 0.1) is 18.2 Å². The van der Waals surface area contributed by atoms with E-state index in [1.807, 2.05) is 12.1 Å². The van der Waals surface area contributed by atoms with Crippen LogP contribution in [0.5, 0.6) is 0 Å². The Morgan fingerprint density at radius 1 is 0.846 bits per heavy atom. The van der Waals surface area contributed by atoms with E-state index in [1.165, 1.54) is 42.5 Å². The molecule has 0 fully saturated rings. The number of ether oxygens (including phenoxy) is 2. The minimum absolute atomic E-state index is 0.223. The van der Waals surface area contributed by atoms with Crippen molar-refractivity contribution < 1.29 is 23.9 Å². The van der Waals surface area contributed by atoms with Gasteiger partial charge in [0.2, 0.25) is 5.78 Å². The summed E-state index contributed by atoms with van der Waals surface area (Å²) >= 11 is 0. The zero-order valence-electron chi connectivity index (χ0n) is 14.8. The van der Waals surface area contributed by atoms with Crippen molar-refractivity contribution in [1.29, 1.82) is 0 Å². The van der Waals surface area contributed by atoms with E-state index in [0.29, 0.717) is 11.1 Å². The van der Waals surface area contributed by atoms with Gasteiger partial charge in [-0.3, -0.25) is 4.79 Å². The van der Waals surface area contributed by atoms with Crippen LogP contribution in [0.4, 0.5) is 0 Å². The number of carbonyl (C=O) groups is 3. The second-order valence-electron chi connectivity index (χ2n) is 6.32. The molecule has 1 atom stereocenters. The maximum atomic E-state index is 12.6. The molecule has 0 aromatic heterocycles. The largest absolute Gasteiger partial charge is 0.465 e. The number of rotatable bonds is 5. The molecule has 134 valence electrons. The van der Waals surface area contributed by atoms with E-state index in [2.05, 4.69) is 4.74 Å². The molecule has 0 unspecified atom stereocenters. The molecular weight excluding hydrogens is 332 g/mol. The smallest absolute Gasteiger partial charge is 0.338 e. The predicted octanol–water partition coefficient (Wildman–Crippen LogP) is 3.39. The Hall–Kier alpha value is -2.95. The third-order valence-corrected chi connectivity index (χ3v) is 4.58. The first-order valence-corrected chi connectivity index (χ1v) is 8.55. The van der Waals surface area contributed by atoms with E-state index >= 15 is 0 Å². The van der Waals surface area contributed by atoms with Gasteiger partial charge in [-0.2, -0.15) is 0 Å². The van der Waals surface area contributed by atoms with Crippen molar-refractivity contribution in [2.45, 2.75) is 32.3 Å². The van der Waals surface area contributed by atoms with E-state index in [1.54, 1.807) is 13.0 Å². The number of benzene rings is 2. The van der Waals surface area contributed by atoms with Crippen LogP contribution in [0.2, 0.25) is 0 Å². The number of ketones is 1. The lowest BCUT2D eigenvalue weighted by Gasteiger charge is -2.13. The Morgan fingerprint density at radius 3 is 2.08 bits per heavy atom. The zero-order chi connectivity index (χ0) is 18.7. The molecule has 1 aliphatic carbocycles.